The van der Waals surface area contributed by atoms with Crippen molar-refractivity contribution in [2.75, 3.05) is 4.81 Å². The van der Waals surface area contributed by atoms with Gasteiger partial charge in [-0.3, -0.25) is 0 Å². The second-order valence-corrected chi connectivity index (χ2v) is 4.93. The summed E-state index contributed by atoms with van der Waals surface area (Å²) < 4.78 is 0. The molecular weight excluding hydrogens is 296 g/mol. The highest BCUT2D eigenvalue weighted by molar-refractivity contribution is 6.56. The van der Waals surface area contributed by atoms with E-state index in [1.165, 1.54) is 17.1 Å². The zero-order valence-electron chi connectivity index (χ0n) is 10.6. The van der Waals surface area contributed by atoms with Crippen molar-refractivity contribution < 1.29 is 5.02 Å². The van der Waals surface area contributed by atoms with Gasteiger partial charge in [-0.15, -0.1) is 0 Å². The third kappa shape index (κ3) is 2.88. The van der Waals surface area contributed by atoms with Gasteiger partial charge < -0.3 is 9.83 Å². The maximum absolute atomic E-state index is 10.00. The second kappa shape index (κ2) is 6.14. The van der Waals surface area contributed by atoms with Crippen LogP contribution in [0.5, 0.6) is 0 Å². The first kappa shape index (κ1) is 14.7. The topological polar surface area (TPSA) is 60.1 Å². The van der Waals surface area contributed by atoms with Gasteiger partial charge in [0.25, 0.3) is 0 Å². The molecule has 0 atom stereocenters. The molecule has 0 saturated heterocycles. The smallest absolute Gasteiger partial charge is 0.415 e. The van der Waals surface area contributed by atoms with Gasteiger partial charge >= 0.3 is 7.05 Å². The quantitative estimate of drug-likeness (QED) is 0.882. The molecule has 0 fully saturated rings. The molecule has 0 aliphatic rings. The molecule has 1 aromatic carbocycles. The van der Waals surface area contributed by atoms with Gasteiger partial charge in [0.05, 0.1) is 5.02 Å². The van der Waals surface area contributed by atoms with Crippen LogP contribution in [0.2, 0.25) is 16.9 Å². The maximum atomic E-state index is 10.00. The summed E-state index contributed by atoms with van der Waals surface area (Å²) in [6.07, 6.45) is 1.49. The summed E-state index contributed by atoms with van der Waals surface area (Å²) in [6, 6.07) is 10.4. The minimum absolute atomic E-state index is 0.213. The van der Waals surface area contributed by atoms with Gasteiger partial charge in [0.1, 0.15) is 17.5 Å². The average molecular weight is 306 g/mol. The molecule has 1 heterocycles. The Hall–Kier alpha value is -1.74. The largest absolute Gasteiger partial charge is 0.432 e. The summed E-state index contributed by atoms with van der Waals surface area (Å²) in [5.74, 6) is 0.303. The van der Waals surface area contributed by atoms with Crippen molar-refractivity contribution in [1.29, 1.82) is 5.26 Å². The van der Waals surface area contributed by atoms with Crippen LogP contribution in [0.15, 0.2) is 36.5 Å². The monoisotopic (exact) mass is 305 g/mol. The van der Waals surface area contributed by atoms with Gasteiger partial charge in [-0.25, -0.2) is 4.98 Å². The number of nitrogens with zero attached hydrogens (tertiary/aromatic N) is 3. The van der Waals surface area contributed by atoms with Gasteiger partial charge in [0.15, 0.2) is 0 Å². The van der Waals surface area contributed by atoms with Crippen molar-refractivity contribution in [2.45, 2.75) is 6.82 Å². The third-order valence-corrected chi connectivity index (χ3v) is 3.27. The summed E-state index contributed by atoms with van der Waals surface area (Å²) >= 11 is 11.9. The highest BCUT2D eigenvalue weighted by Crippen LogP contribution is 2.31. The van der Waals surface area contributed by atoms with Crippen molar-refractivity contribution in [2.24, 2.45) is 0 Å². The van der Waals surface area contributed by atoms with Crippen molar-refractivity contribution in [3.05, 3.63) is 52.1 Å². The van der Waals surface area contributed by atoms with Crippen LogP contribution in [0.1, 0.15) is 5.56 Å². The minimum atomic E-state index is -0.880. The molecule has 0 saturated carbocycles. The maximum Gasteiger partial charge on any atom is 0.415 e. The Labute approximate surface area is 127 Å². The van der Waals surface area contributed by atoms with Crippen molar-refractivity contribution in [3.8, 4) is 6.07 Å². The van der Waals surface area contributed by atoms with Crippen LogP contribution in [0.25, 0.3) is 0 Å². The van der Waals surface area contributed by atoms with Gasteiger partial charge in [-0.1, -0.05) is 23.2 Å². The van der Waals surface area contributed by atoms with E-state index in [9.17, 15) is 10.3 Å². The number of nitriles is 1. The Kier molecular flexibility index (Phi) is 4.51. The standard InChI is InChI=1S/C13H10BCl2N3O/c1-14(20)19(10-4-2-9(15)3-5-10)13-11(8-17)12(16)6-7-18-13/h2-7,20H,1H3. The molecule has 0 aliphatic heterocycles. The number of halogens is 2. The predicted molar refractivity (Wildman–Crippen MR) is 81.4 cm³/mol. The Morgan fingerprint density at radius 2 is 1.90 bits per heavy atom. The molecule has 2 rings (SSSR count). The van der Waals surface area contributed by atoms with Crippen LogP contribution in [-0.2, 0) is 0 Å². The minimum Gasteiger partial charge on any atom is -0.432 e. The van der Waals surface area contributed by atoms with E-state index >= 15 is 0 Å². The van der Waals surface area contributed by atoms with Gasteiger partial charge in [-0.2, -0.15) is 5.26 Å². The molecule has 4 nitrogen and oxygen atoms in total. The molecule has 0 bridgehead atoms. The van der Waals surface area contributed by atoms with Crippen LogP contribution in [0, 0.1) is 11.3 Å². The summed E-state index contributed by atoms with van der Waals surface area (Å²) in [7, 11) is -0.880. The fourth-order valence-electron chi connectivity index (χ4n) is 1.83. The fourth-order valence-corrected chi connectivity index (χ4v) is 2.14. The van der Waals surface area contributed by atoms with E-state index < -0.39 is 7.05 Å². The summed E-state index contributed by atoms with van der Waals surface area (Å²) in [4.78, 5) is 5.67. The predicted octanol–water partition coefficient (Wildman–Crippen LogP) is 3.51. The Bertz CT molecular complexity index is 656. The van der Waals surface area contributed by atoms with Crippen LogP contribution in [0.3, 0.4) is 0 Å². The lowest BCUT2D eigenvalue weighted by molar-refractivity contribution is 0.578. The Balaban J connectivity index is 2.58. The number of hydrogen-bond acceptors (Lipinski definition) is 4. The number of rotatable bonds is 3. The molecule has 20 heavy (non-hydrogen) atoms. The molecule has 100 valence electrons. The molecule has 0 aliphatic carbocycles. The lowest BCUT2D eigenvalue weighted by Gasteiger charge is -2.25. The normalized spacial score (nSPS) is 9.95. The molecule has 0 spiro atoms. The summed E-state index contributed by atoms with van der Waals surface area (Å²) in [5.41, 5.74) is 0.876. The molecule has 7 heteroatoms. The molecule has 1 N–H and O–H groups in total. The molecule has 0 amide bonds. The zero-order valence-corrected chi connectivity index (χ0v) is 12.1. The first-order chi connectivity index (χ1) is 9.54. The van der Waals surface area contributed by atoms with Crippen LogP contribution in [-0.4, -0.2) is 17.1 Å². The van der Waals surface area contributed by atoms with Crippen molar-refractivity contribution >= 4 is 41.8 Å². The van der Waals surface area contributed by atoms with Gasteiger partial charge in [0.2, 0.25) is 0 Å². The third-order valence-electron chi connectivity index (χ3n) is 2.70. The highest BCUT2D eigenvalue weighted by atomic mass is 35.5. The Morgan fingerprint density at radius 3 is 2.45 bits per heavy atom. The fraction of sp³-hybridized carbons (Fsp3) is 0.0769. The van der Waals surface area contributed by atoms with E-state index in [0.717, 1.165) is 0 Å². The van der Waals surface area contributed by atoms with Crippen LogP contribution in [0.4, 0.5) is 11.5 Å². The average Bonchev–Trinajstić information content (AvgIpc) is 2.41. The van der Waals surface area contributed by atoms with Gasteiger partial charge in [-0.05, 0) is 37.2 Å². The first-order valence-corrected chi connectivity index (χ1v) is 6.57. The second-order valence-electron chi connectivity index (χ2n) is 4.08. The van der Waals surface area contributed by atoms with E-state index in [1.807, 2.05) is 6.07 Å². The van der Waals surface area contributed by atoms with E-state index in [0.29, 0.717) is 16.5 Å². The number of pyridine rings is 1. The number of anilines is 2. The molecule has 1 aromatic heterocycles. The molecule has 2 aromatic rings. The first-order valence-electron chi connectivity index (χ1n) is 5.82. The van der Waals surface area contributed by atoms with Crippen molar-refractivity contribution in [3.63, 3.8) is 0 Å². The van der Waals surface area contributed by atoms with Crippen LogP contribution >= 0.6 is 23.2 Å². The van der Waals surface area contributed by atoms with Crippen molar-refractivity contribution in [1.82, 2.24) is 4.98 Å². The highest BCUT2D eigenvalue weighted by Gasteiger charge is 2.24. The SMILES string of the molecule is CB(O)N(c1ccc(Cl)cc1)c1nccc(Cl)c1C#N. The molecule has 0 radical (unpaired) electrons. The molecule has 0 unspecified atom stereocenters. The Morgan fingerprint density at radius 1 is 1.25 bits per heavy atom. The number of benzene rings is 1. The lowest BCUT2D eigenvalue weighted by atomic mass is 9.83. The van der Waals surface area contributed by atoms with E-state index in [1.54, 1.807) is 31.1 Å². The van der Waals surface area contributed by atoms with Gasteiger partial charge in [0, 0.05) is 16.9 Å². The van der Waals surface area contributed by atoms with E-state index in [2.05, 4.69) is 4.98 Å². The lowest BCUT2D eigenvalue weighted by Crippen LogP contribution is -2.34. The van der Waals surface area contributed by atoms with E-state index in [4.69, 9.17) is 23.2 Å². The van der Waals surface area contributed by atoms with Crippen LogP contribution < -0.4 is 4.81 Å². The number of hydrogen-bond donors (Lipinski definition) is 1. The molecular formula is C13H10BCl2N3O. The van der Waals surface area contributed by atoms with E-state index in [-0.39, 0.29) is 10.6 Å². The zero-order chi connectivity index (χ0) is 14.7. The summed E-state index contributed by atoms with van der Waals surface area (Å²) in [5, 5.41) is 20.1. The summed E-state index contributed by atoms with van der Waals surface area (Å²) in [6.45, 7) is 1.58. The number of aromatic nitrogens is 1.